The van der Waals surface area contributed by atoms with E-state index in [1.165, 1.54) is 0 Å². The van der Waals surface area contributed by atoms with Crippen LogP contribution < -0.4 is 0 Å². The topological polar surface area (TPSA) is 74.4 Å². The van der Waals surface area contributed by atoms with Crippen LogP contribution in [0.15, 0.2) is 22.7 Å². The number of carbonyl (C=O) groups excluding carboxylic acids is 1. The lowest BCUT2D eigenvalue weighted by Gasteiger charge is -2.19. The van der Waals surface area contributed by atoms with E-state index in [2.05, 4.69) is 85.8 Å². The molecule has 2 aromatic heterocycles. The molecule has 0 spiro atoms. The fraction of sp³-hybridized carbons (Fsp3) is 0.621. The van der Waals surface area contributed by atoms with E-state index in [1.807, 2.05) is 15.6 Å². The first-order chi connectivity index (χ1) is 18.7. The van der Waals surface area contributed by atoms with Crippen LogP contribution in [-0.4, -0.2) is 59.5 Å². The maximum absolute atomic E-state index is 12.9. The summed E-state index contributed by atoms with van der Waals surface area (Å²) in [4.78, 5) is 19.9. The zero-order chi connectivity index (χ0) is 29.2. The number of amides is 1. The second kappa shape index (κ2) is 12.6. The minimum Gasteiger partial charge on any atom is -0.361 e. The van der Waals surface area contributed by atoms with Crippen molar-refractivity contribution in [3.8, 4) is 11.5 Å². The molecule has 3 heterocycles. The number of nitrogens with zero attached hydrogens (tertiary/aromatic N) is 5. The number of fused-ring (bicyclic) bond motifs is 2. The molecule has 0 unspecified atom stereocenters. The lowest BCUT2D eigenvalue weighted by atomic mass is 10.1. The summed E-state index contributed by atoms with van der Waals surface area (Å²) < 4.78 is 17.4. The SMILES string of the molecule is CC(C)CC(=O)N1Cc2nc(-c3nn(COCC[Si](C)(C)C)c4cc(Br)ccc34)n(COCC[Si](C)(C)C)c2C1. The van der Waals surface area contributed by atoms with Crippen LogP contribution in [0.3, 0.4) is 0 Å². The molecule has 1 aliphatic rings. The van der Waals surface area contributed by atoms with Gasteiger partial charge < -0.3 is 18.9 Å². The van der Waals surface area contributed by atoms with Crippen molar-refractivity contribution in [3.63, 3.8) is 0 Å². The van der Waals surface area contributed by atoms with Gasteiger partial charge in [0, 0.05) is 45.6 Å². The summed E-state index contributed by atoms with van der Waals surface area (Å²) >= 11 is 3.63. The highest BCUT2D eigenvalue weighted by Gasteiger charge is 2.32. The van der Waals surface area contributed by atoms with Crippen LogP contribution in [0.25, 0.3) is 22.4 Å². The molecular weight excluding hydrogens is 602 g/mol. The van der Waals surface area contributed by atoms with E-state index in [1.54, 1.807) is 0 Å². The Morgan fingerprint density at radius 3 is 2.27 bits per heavy atom. The molecule has 8 nitrogen and oxygen atoms in total. The average Bonchev–Trinajstić information content (AvgIpc) is 3.49. The number of halogens is 1. The Hall–Kier alpha value is -1.80. The molecule has 4 rings (SSSR count). The fourth-order valence-electron chi connectivity index (χ4n) is 4.71. The molecule has 0 saturated heterocycles. The summed E-state index contributed by atoms with van der Waals surface area (Å²) in [7, 11) is -2.40. The molecule has 40 heavy (non-hydrogen) atoms. The van der Waals surface area contributed by atoms with Crippen LogP contribution in [0, 0.1) is 5.92 Å². The Bertz CT molecular complexity index is 1340. The molecule has 0 bridgehead atoms. The summed E-state index contributed by atoms with van der Waals surface area (Å²) in [6.07, 6.45) is 0.547. The van der Waals surface area contributed by atoms with Crippen LogP contribution in [0.2, 0.25) is 51.4 Å². The first-order valence-corrected chi connectivity index (χ1v) is 22.6. The molecule has 0 radical (unpaired) electrons. The third-order valence-electron chi connectivity index (χ3n) is 7.12. The predicted octanol–water partition coefficient (Wildman–Crippen LogP) is 7.18. The van der Waals surface area contributed by atoms with Crippen LogP contribution >= 0.6 is 15.9 Å². The molecule has 0 N–H and O–H groups in total. The van der Waals surface area contributed by atoms with Gasteiger partial charge in [-0.1, -0.05) is 69.1 Å². The highest BCUT2D eigenvalue weighted by molar-refractivity contribution is 9.10. The standard InChI is InChI=1S/C29H46BrN5O3Si2/c1-21(2)15-27(36)33-17-24-26(18-33)34(19-37-11-13-39(3,4)5)29(31-24)28-23-10-9-22(30)16-25(23)35(32-28)20-38-12-14-40(6,7)8/h9-10,16,21H,11-15,17-20H2,1-8H3. The summed E-state index contributed by atoms with van der Waals surface area (Å²) in [5.41, 5.74) is 3.80. The van der Waals surface area contributed by atoms with E-state index in [0.717, 1.165) is 57.0 Å². The molecule has 220 valence electrons. The fourth-order valence-corrected chi connectivity index (χ4v) is 6.57. The number of aromatic nitrogens is 4. The van der Waals surface area contributed by atoms with E-state index in [-0.39, 0.29) is 5.91 Å². The van der Waals surface area contributed by atoms with E-state index in [4.69, 9.17) is 19.6 Å². The second-order valence-corrected chi connectivity index (χ2v) is 26.0. The summed E-state index contributed by atoms with van der Waals surface area (Å²) in [6, 6.07) is 8.43. The van der Waals surface area contributed by atoms with E-state index in [9.17, 15) is 4.79 Å². The molecule has 0 saturated carbocycles. The van der Waals surface area contributed by atoms with E-state index >= 15 is 0 Å². The number of rotatable bonds is 13. The molecule has 0 atom stereocenters. The van der Waals surface area contributed by atoms with Crippen LogP contribution in [0.5, 0.6) is 0 Å². The second-order valence-electron chi connectivity index (χ2n) is 13.8. The van der Waals surface area contributed by atoms with Gasteiger partial charge in [-0.25, -0.2) is 9.67 Å². The van der Waals surface area contributed by atoms with Gasteiger partial charge in [0.05, 0.1) is 30.0 Å². The van der Waals surface area contributed by atoms with Gasteiger partial charge in [-0.15, -0.1) is 0 Å². The van der Waals surface area contributed by atoms with Crippen molar-refractivity contribution in [1.82, 2.24) is 24.2 Å². The van der Waals surface area contributed by atoms with Crippen molar-refractivity contribution in [2.45, 2.75) is 98.2 Å². The Morgan fingerprint density at radius 1 is 1.00 bits per heavy atom. The minimum absolute atomic E-state index is 0.177. The zero-order valence-corrected chi connectivity index (χ0v) is 29.1. The maximum atomic E-state index is 12.9. The van der Waals surface area contributed by atoms with Crippen molar-refractivity contribution in [2.24, 2.45) is 5.92 Å². The van der Waals surface area contributed by atoms with Gasteiger partial charge in [-0.3, -0.25) is 4.79 Å². The monoisotopic (exact) mass is 647 g/mol. The summed E-state index contributed by atoms with van der Waals surface area (Å²) in [6.45, 7) is 21.6. The van der Waals surface area contributed by atoms with E-state index in [0.29, 0.717) is 45.5 Å². The molecule has 0 aliphatic carbocycles. The molecule has 1 aliphatic heterocycles. The van der Waals surface area contributed by atoms with Gasteiger partial charge in [0.15, 0.2) is 5.82 Å². The molecule has 3 aromatic rings. The molecule has 11 heteroatoms. The number of ether oxygens (including phenoxy) is 2. The molecule has 1 aromatic carbocycles. The number of benzene rings is 1. The first kappa shape index (κ1) is 31.1. The first-order valence-electron chi connectivity index (χ1n) is 14.4. The van der Waals surface area contributed by atoms with Crippen molar-refractivity contribution < 1.29 is 14.3 Å². The zero-order valence-electron chi connectivity index (χ0n) is 25.5. The lowest BCUT2D eigenvalue weighted by Crippen LogP contribution is -2.27. The smallest absolute Gasteiger partial charge is 0.223 e. The lowest BCUT2D eigenvalue weighted by molar-refractivity contribution is -0.132. The maximum Gasteiger partial charge on any atom is 0.223 e. The third-order valence-corrected chi connectivity index (χ3v) is 11.0. The predicted molar refractivity (Wildman–Crippen MR) is 171 cm³/mol. The van der Waals surface area contributed by atoms with Gasteiger partial charge >= 0.3 is 0 Å². The highest BCUT2D eigenvalue weighted by Crippen LogP contribution is 2.34. The molecule has 1 amide bonds. The largest absolute Gasteiger partial charge is 0.361 e. The van der Waals surface area contributed by atoms with Gasteiger partial charge in [0.2, 0.25) is 5.91 Å². The number of hydrogen-bond acceptors (Lipinski definition) is 5. The molecular formula is C29H46BrN5O3Si2. The van der Waals surface area contributed by atoms with Crippen molar-refractivity contribution in [1.29, 1.82) is 0 Å². The third kappa shape index (κ3) is 7.93. The van der Waals surface area contributed by atoms with Crippen molar-refractivity contribution >= 4 is 48.9 Å². The number of carbonyl (C=O) groups is 1. The van der Waals surface area contributed by atoms with Gasteiger partial charge in [0.25, 0.3) is 0 Å². The van der Waals surface area contributed by atoms with Gasteiger partial charge in [-0.05, 0) is 36.2 Å². The van der Waals surface area contributed by atoms with Crippen LogP contribution in [0.4, 0.5) is 0 Å². The highest BCUT2D eigenvalue weighted by atomic mass is 79.9. The van der Waals surface area contributed by atoms with Crippen LogP contribution in [-0.2, 0) is 40.8 Å². The van der Waals surface area contributed by atoms with Crippen LogP contribution in [0.1, 0.15) is 31.7 Å². The van der Waals surface area contributed by atoms with Gasteiger partial charge in [0.1, 0.15) is 19.2 Å². The average molecular weight is 649 g/mol. The Labute approximate surface area is 249 Å². The Balaban J connectivity index is 1.66. The van der Waals surface area contributed by atoms with Crippen molar-refractivity contribution in [2.75, 3.05) is 13.2 Å². The summed E-state index contributed by atoms with van der Waals surface area (Å²) in [5.74, 6) is 1.29. The molecule has 0 fully saturated rings. The number of hydrogen-bond donors (Lipinski definition) is 0. The normalized spacial score (nSPS) is 14.1. The number of imidazole rings is 1. The van der Waals surface area contributed by atoms with E-state index < -0.39 is 16.1 Å². The Morgan fingerprint density at radius 2 is 1.65 bits per heavy atom. The quantitative estimate of drug-likeness (QED) is 0.145. The van der Waals surface area contributed by atoms with Gasteiger partial charge in [-0.2, -0.15) is 5.10 Å². The summed E-state index contributed by atoms with van der Waals surface area (Å²) in [5, 5.41) is 6.06. The van der Waals surface area contributed by atoms with Crippen molar-refractivity contribution in [3.05, 3.63) is 34.1 Å². The Kier molecular flexibility index (Phi) is 9.81. The minimum atomic E-state index is -1.22.